The monoisotopic (exact) mass is 417 g/mol. The van der Waals surface area contributed by atoms with E-state index in [0.717, 1.165) is 25.7 Å². The molecule has 1 saturated carbocycles. The molecule has 0 saturated heterocycles. The molecule has 162 valence electrons. The van der Waals surface area contributed by atoms with Gasteiger partial charge in [0, 0.05) is 11.6 Å². The quantitative estimate of drug-likeness (QED) is 0.700. The molecule has 30 heavy (non-hydrogen) atoms. The summed E-state index contributed by atoms with van der Waals surface area (Å²) in [4.78, 5) is 21.0. The number of methoxy groups -OCH3 is 4. The first-order valence-electron chi connectivity index (χ1n) is 9.71. The molecule has 1 aliphatic rings. The Morgan fingerprint density at radius 2 is 1.53 bits per heavy atom. The molecule has 3 rings (SSSR count). The summed E-state index contributed by atoms with van der Waals surface area (Å²) in [6.07, 6.45) is 6.35. The third-order valence-corrected chi connectivity index (χ3v) is 5.02. The second kappa shape index (κ2) is 10.00. The number of carbonyl (C=O) groups is 1. The summed E-state index contributed by atoms with van der Waals surface area (Å²) in [6, 6.07) is 3.35. The molecule has 0 unspecified atom stereocenters. The first-order chi connectivity index (χ1) is 14.6. The van der Waals surface area contributed by atoms with Crippen molar-refractivity contribution in [2.45, 2.75) is 37.8 Å². The van der Waals surface area contributed by atoms with Crippen molar-refractivity contribution in [1.82, 2.24) is 15.3 Å². The van der Waals surface area contributed by atoms with Gasteiger partial charge in [0.15, 0.2) is 11.5 Å². The molecule has 0 spiro atoms. The van der Waals surface area contributed by atoms with Gasteiger partial charge in [-0.2, -0.15) is 4.98 Å². The number of hydrogen-bond acceptors (Lipinski definition) is 8. The molecule has 1 aromatic heterocycles. The van der Waals surface area contributed by atoms with Crippen molar-refractivity contribution in [2.24, 2.45) is 0 Å². The van der Waals surface area contributed by atoms with Crippen molar-refractivity contribution >= 4 is 5.91 Å². The van der Waals surface area contributed by atoms with Gasteiger partial charge in [0.1, 0.15) is 6.10 Å². The van der Waals surface area contributed by atoms with Gasteiger partial charge in [-0.1, -0.05) is 0 Å². The molecule has 0 aliphatic heterocycles. The minimum absolute atomic E-state index is 0.0285. The summed E-state index contributed by atoms with van der Waals surface area (Å²) in [5, 5.41) is 3.08. The molecule has 0 radical (unpaired) electrons. The second-order valence-corrected chi connectivity index (χ2v) is 6.88. The van der Waals surface area contributed by atoms with Gasteiger partial charge >= 0.3 is 0 Å². The van der Waals surface area contributed by atoms with Crippen LogP contribution in [0.3, 0.4) is 0 Å². The van der Waals surface area contributed by atoms with Crippen LogP contribution in [0.15, 0.2) is 24.5 Å². The van der Waals surface area contributed by atoms with Crippen LogP contribution in [0.2, 0.25) is 0 Å². The van der Waals surface area contributed by atoms with Gasteiger partial charge in [0.05, 0.1) is 40.8 Å². The molecule has 1 N–H and O–H groups in total. The molecular formula is C21H27N3O6. The Kier molecular flexibility index (Phi) is 7.16. The number of amides is 1. The number of nitrogens with one attached hydrogen (secondary N) is 1. The summed E-state index contributed by atoms with van der Waals surface area (Å²) in [6.45, 7) is 0. The first kappa shape index (κ1) is 21.5. The van der Waals surface area contributed by atoms with Crippen LogP contribution in [0, 0.1) is 0 Å². The average molecular weight is 417 g/mol. The van der Waals surface area contributed by atoms with E-state index in [9.17, 15) is 4.79 Å². The van der Waals surface area contributed by atoms with Crippen molar-refractivity contribution in [1.29, 1.82) is 0 Å². The van der Waals surface area contributed by atoms with Gasteiger partial charge in [0.25, 0.3) is 5.91 Å². The van der Waals surface area contributed by atoms with Crippen LogP contribution >= 0.6 is 0 Å². The highest BCUT2D eigenvalue weighted by Gasteiger charge is 2.25. The van der Waals surface area contributed by atoms with Gasteiger partial charge in [-0.05, 0) is 37.8 Å². The zero-order valence-electron chi connectivity index (χ0n) is 17.6. The second-order valence-electron chi connectivity index (χ2n) is 6.88. The van der Waals surface area contributed by atoms with E-state index in [1.54, 1.807) is 18.3 Å². The number of benzene rings is 1. The van der Waals surface area contributed by atoms with E-state index in [4.69, 9.17) is 23.7 Å². The fourth-order valence-corrected chi connectivity index (χ4v) is 3.46. The third kappa shape index (κ3) is 5.03. The summed E-state index contributed by atoms with van der Waals surface area (Å²) >= 11 is 0. The van der Waals surface area contributed by atoms with Crippen molar-refractivity contribution in [3.05, 3.63) is 30.1 Å². The highest BCUT2D eigenvalue weighted by atomic mass is 16.5. The number of aromatic nitrogens is 2. The molecule has 0 atom stereocenters. The molecule has 0 bridgehead atoms. The van der Waals surface area contributed by atoms with Crippen LogP contribution < -0.4 is 29.0 Å². The summed E-state index contributed by atoms with van der Waals surface area (Å²) in [7, 11) is 6.10. The predicted molar refractivity (Wildman–Crippen MR) is 109 cm³/mol. The van der Waals surface area contributed by atoms with Gasteiger partial charge < -0.3 is 29.0 Å². The van der Waals surface area contributed by atoms with Crippen LogP contribution in [0.5, 0.6) is 29.0 Å². The molecule has 2 aromatic rings. The van der Waals surface area contributed by atoms with E-state index in [-0.39, 0.29) is 18.1 Å². The fourth-order valence-electron chi connectivity index (χ4n) is 3.46. The first-order valence-corrected chi connectivity index (χ1v) is 9.71. The molecule has 1 amide bonds. The highest BCUT2D eigenvalue weighted by molar-refractivity contribution is 5.95. The maximum atomic E-state index is 12.8. The van der Waals surface area contributed by atoms with Crippen LogP contribution in [-0.4, -0.2) is 56.5 Å². The van der Waals surface area contributed by atoms with Crippen molar-refractivity contribution in [2.75, 3.05) is 28.4 Å². The van der Waals surface area contributed by atoms with E-state index in [0.29, 0.717) is 34.6 Å². The third-order valence-electron chi connectivity index (χ3n) is 5.02. The van der Waals surface area contributed by atoms with Crippen LogP contribution in [0.1, 0.15) is 36.0 Å². The molecule has 1 fully saturated rings. The molecular weight excluding hydrogens is 390 g/mol. The Labute approximate surface area is 175 Å². The Balaban J connectivity index is 1.57. The smallest absolute Gasteiger partial charge is 0.251 e. The van der Waals surface area contributed by atoms with E-state index in [2.05, 4.69) is 15.3 Å². The average Bonchev–Trinajstić information content (AvgIpc) is 2.79. The Morgan fingerprint density at radius 3 is 2.10 bits per heavy atom. The summed E-state index contributed by atoms with van der Waals surface area (Å²) in [5.74, 6) is 2.02. The Hall–Kier alpha value is -3.23. The van der Waals surface area contributed by atoms with Gasteiger partial charge in [0.2, 0.25) is 17.5 Å². The molecule has 1 aromatic carbocycles. The largest absolute Gasteiger partial charge is 0.493 e. The standard InChI is InChI=1S/C21H27N3O6/c1-26-16-9-13(10-17(27-2)20(16)29-4)21(25)23-14-5-7-15(8-6-14)30-19-12-22-11-18(24-19)28-3/h9-12,14-15H,5-8H2,1-4H3,(H,23,25). The van der Waals surface area contributed by atoms with Gasteiger partial charge in [-0.15, -0.1) is 0 Å². The van der Waals surface area contributed by atoms with E-state index in [1.807, 2.05) is 0 Å². The maximum absolute atomic E-state index is 12.8. The predicted octanol–water partition coefficient (Wildman–Crippen LogP) is 2.63. The van der Waals surface area contributed by atoms with Crippen LogP contribution in [0.25, 0.3) is 0 Å². The molecule has 9 nitrogen and oxygen atoms in total. The van der Waals surface area contributed by atoms with E-state index < -0.39 is 0 Å². The van der Waals surface area contributed by atoms with Crippen molar-refractivity contribution in [3.63, 3.8) is 0 Å². The molecule has 9 heteroatoms. The zero-order chi connectivity index (χ0) is 21.5. The molecule has 1 heterocycles. The summed E-state index contributed by atoms with van der Waals surface area (Å²) in [5.41, 5.74) is 0.453. The van der Waals surface area contributed by atoms with Gasteiger partial charge in [-0.3, -0.25) is 9.78 Å². The number of hydrogen-bond donors (Lipinski definition) is 1. The maximum Gasteiger partial charge on any atom is 0.251 e. The SMILES string of the molecule is COc1cncc(OC2CCC(NC(=O)c3cc(OC)c(OC)c(OC)c3)CC2)n1. The highest BCUT2D eigenvalue weighted by Crippen LogP contribution is 2.38. The van der Waals surface area contributed by atoms with Gasteiger partial charge in [-0.25, -0.2) is 0 Å². The van der Waals surface area contributed by atoms with Crippen LogP contribution in [0.4, 0.5) is 0 Å². The number of rotatable bonds is 8. The zero-order valence-corrected chi connectivity index (χ0v) is 17.6. The minimum atomic E-state index is -0.183. The number of ether oxygens (including phenoxy) is 5. The van der Waals surface area contributed by atoms with E-state index in [1.165, 1.54) is 34.6 Å². The number of carbonyl (C=O) groups excluding carboxylic acids is 1. The Morgan fingerprint density at radius 1 is 0.900 bits per heavy atom. The Bertz CT molecular complexity index is 843. The van der Waals surface area contributed by atoms with E-state index >= 15 is 0 Å². The topological polar surface area (TPSA) is 101 Å². The minimum Gasteiger partial charge on any atom is -0.493 e. The van der Waals surface area contributed by atoms with Crippen molar-refractivity contribution in [3.8, 4) is 29.0 Å². The lowest BCUT2D eigenvalue weighted by Crippen LogP contribution is -2.39. The lowest BCUT2D eigenvalue weighted by molar-refractivity contribution is 0.0888. The lowest BCUT2D eigenvalue weighted by Gasteiger charge is -2.29. The fraction of sp³-hybridized carbons (Fsp3) is 0.476. The van der Waals surface area contributed by atoms with Crippen molar-refractivity contribution < 1.29 is 28.5 Å². The number of nitrogens with zero attached hydrogens (tertiary/aromatic N) is 2. The molecule has 1 aliphatic carbocycles. The summed E-state index contributed by atoms with van der Waals surface area (Å²) < 4.78 is 26.9. The van der Waals surface area contributed by atoms with Crippen LogP contribution in [-0.2, 0) is 0 Å². The lowest BCUT2D eigenvalue weighted by atomic mass is 9.92. The normalized spacial score (nSPS) is 18.3.